The molecule has 0 aromatic heterocycles. The van der Waals surface area contributed by atoms with Crippen molar-refractivity contribution in [3.05, 3.63) is 42.2 Å². The summed E-state index contributed by atoms with van der Waals surface area (Å²) in [5.41, 5.74) is 0.867. The second-order valence-electron chi connectivity index (χ2n) is 3.58. The van der Waals surface area contributed by atoms with E-state index in [-0.39, 0.29) is 17.8 Å². The molecule has 2 nitrogen and oxygen atoms in total. The van der Waals surface area contributed by atoms with Gasteiger partial charge in [-0.05, 0) is 36.3 Å². The van der Waals surface area contributed by atoms with Gasteiger partial charge < -0.3 is 5.32 Å². The van der Waals surface area contributed by atoms with Crippen molar-refractivity contribution >= 4 is 17.7 Å². The Bertz CT molecular complexity index is 433. The smallest absolute Gasteiger partial charge is 0.243 e. The fraction of sp³-hybridized carbons (Fsp3) is 0.250. The normalized spacial score (nSPS) is 18.7. The van der Waals surface area contributed by atoms with E-state index in [1.54, 1.807) is 17.8 Å². The average molecular weight is 237 g/mol. The number of hydrogen-bond acceptors (Lipinski definition) is 2. The predicted octanol–water partition coefficient (Wildman–Crippen LogP) is 2.66. The molecule has 0 bridgehead atoms. The Morgan fingerprint density at radius 2 is 2.44 bits per heavy atom. The van der Waals surface area contributed by atoms with Crippen molar-refractivity contribution in [1.82, 2.24) is 5.32 Å². The summed E-state index contributed by atoms with van der Waals surface area (Å²) in [4.78, 5) is 12.3. The molecule has 1 amide bonds. The Balaban J connectivity index is 2.28. The zero-order chi connectivity index (χ0) is 11.5. The third-order valence-electron chi connectivity index (χ3n) is 2.51. The summed E-state index contributed by atoms with van der Waals surface area (Å²) in [6.45, 7) is 3.41. The van der Waals surface area contributed by atoms with Crippen molar-refractivity contribution in [3.8, 4) is 0 Å². The number of fused-ring (bicyclic) bond motifs is 1. The number of hydrogen-bond donors (Lipinski definition) is 1. The van der Waals surface area contributed by atoms with Gasteiger partial charge in [-0.1, -0.05) is 6.58 Å². The van der Waals surface area contributed by atoms with Crippen LogP contribution < -0.4 is 5.32 Å². The molecular weight excluding hydrogens is 225 g/mol. The highest BCUT2D eigenvalue weighted by molar-refractivity contribution is 7.99. The average Bonchev–Trinajstić information content (AvgIpc) is 2.29. The molecule has 84 valence electrons. The molecule has 16 heavy (non-hydrogen) atoms. The molecule has 4 heteroatoms. The SMILES string of the molecule is C=CC(=O)NC1CCSc2ccc(F)cc21. The Kier molecular flexibility index (Phi) is 3.29. The maximum absolute atomic E-state index is 13.1. The van der Waals surface area contributed by atoms with Crippen molar-refractivity contribution in [3.63, 3.8) is 0 Å². The van der Waals surface area contributed by atoms with Crippen molar-refractivity contribution in [2.45, 2.75) is 17.4 Å². The molecule has 0 saturated carbocycles. The van der Waals surface area contributed by atoms with Crippen molar-refractivity contribution in [2.75, 3.05) is 5.75 Å². The first-order valence-corrected chi connectivity index (χ1v) is 6.04. The zero-order valence-corrected chi connectivity index (χ0v) is 9.52. The third kappa shape index (κ3) is 2.27. The Hall–Kier alpha value is -1.29. The molecule has 0 aliphatic carbocycles. The highest BCUT2D eigenvalue weighted by Crippen LogP contribution is 2.36. The molecule has 1 aromatic rings. The van der Waals surface area contributed by atoms with Crippen LogP contribution in [0.2, 0.25) is 0 Å². The lowest BCUT2D eigenvalue weighted by atomic mass is 10.0. The van der Waals surface area contributed by atoms with Gasteiger partial charge in [0.05, 0.1) is 6.04 Å². The number of rotatable bonds is 2. The largest absolute Gasteiger partial charge is 0.346 e. The minimum Gasteiger partial charge on any atom is -0.346 e. The summed E-state index contributed by atoms with van der Waals surface area (Å²) >= 11 is 1.69. The fourth-order valence-electron chi connectivity index (χ4n) is 1.75. The number of benzene rings is 1. The number of carbonyl (C=O) groups excluding carboxylic acids is 1. The minimum absolute atomic E-state index is 0.0996. The van der Waals surface area contributed by atoms with Gasteiger partial charge in [-0.15, -0.1) is 11.8 Å². The molecule has 1 aliphatic rings. The number of carbonyl (C=O) groups is 1. The Morgan fingerprint density at radius 1 is 1.62 bits per heavy atom. The molecule has 1 N–H and O–H groups in total. The van der Waals surface area contributed by atoms with Crippen molar-refractivity contribution < 1.29 is 9.18 Å². The van der Waals surface area contributed by atoms with Gasteiger partial charge in [0.2, 0.25) is 5.91 Å². The molecule has 1 unspecified atom stereocenters. The van der Waals surface area contributed by atoms with E-state index in [0.717, 1.165) is 22.6 Å². The maximum atomic E-state index is 13.1. The lowest BCUT2D eigenvalue weighted by molar-refractivity contribution is -0.117. The quantitative estimate of drug-likeness (QED) is 0.801. The summed E-state index contributed by atoms with van der Waals surface area (Å²) in [7, 11) is 0. The van der Waals surface area contributed by atoms with Crippen LogP contribution in [0, 0.1) is 5.82 Å². The van der Waals surface area contributed by atoms with Crippen molar-refractivity contribution in [1.29, 1.82) is 0 Å². The molecule has 1 heterocycles. The summed E-state index contributed by atoms with van der Waals surface area (Å²) in [5.74, 6) is 0.451. The first-order chi connectivity index (χ1) is 7.70. The number of halogens is 1. The number of thioether (sulfide) groups is 1. The van der Waals surface area contributed by atoms with E-state index < -0.39 is 0 Å². The van der Waals surface area contributed by atoms with Gasteiger partial charge in [-0.3, -0.25) is 4.79 Å². The topological polar surface area (TPSA) is 29.1 Å². The molecular formula is C12H12FNOS. The molecule has 0 radical (unpaired) electrons. The Morgan fingerprint density at radius 3 is 3.19 bits per heavy atom. The van der Waals surface area contributed by atoms with Crippen LogP contribution in [0.5, 0.6) is 0 Å². The summed E-state index contributed by atoms with van der Waals surface area (Å²) in [6.07, 6.45) is 2.06. The highest BCUT2D eigenvalue weighted by Gasteiger charge is 2.21. The number of amides is 1. The number of nitrogens with one attached hydrogen (secondary N) is 1. The first kappa shape index (κ1) is 11.2. The standard InChI is InChI=1S/C12H12FNOS/c1-2-12(15)14-10-5-6-16-11-4-3-8(13)7-9(10)11/h2-4,7,10H,1,5-6H2,(H,14,15). The van der Waals surface area contributed by atoms with Gasteiger partial charge in [0.25, 0.3) is 0 Å². The first-order valence-electron chi connectivity index (χ1n) is 5.06. The van der Waals surface area contributed by atoms with E-state index in [1.807, 2.05) is 0 Å². The monoisotopic (exact) mass is 237 g/mol. The maximum Gasteiger partial charge on any atom is 0.243 e. The Labute approximate surface area is 97.9 Å². The lowest BCUT2D eigenvalue weighted by Crippen LogP contribution is -2.29. The highest BCUT2D eigenvalue weighted by atomic mass is 32.2. The van der Waals surface area contributed by atoms with E-state index in [9.17, 15) is 9.18 Å². The molecule has 1 aromatic carbocycles. The van der Waals surface area contributed by atoms with E-state index in [4.69, 9.17) is 0 Å². The summed E-state index contributed by atoms with van der Waals surface area (Å²) in [6, 6.07) is 4.61. The molecule has 0 saturated heterocycles. The molecule has 0 fully saturated rings. The van der Waals surface area contributed by atoms with Crippen LogP contribution in [0.15, 0.2) is 35.7 Å². The lowest BCUT2D eigenvalue weighted by Gasteiger charge is -2.25. The fourth-order valence-corrected chi connectivity index (χ4v) is 2.85. The summed E-state index contributed by atoms with van der Waals surface area (Å²) in [5, 5.41) is 2.81. The van der Waals surface area contributed by atoms with Gasteiger partial charge in [0.15, 0.2) is 0 Å². The van der Waals surface area contributed by atoms with Gasteiger partial charge in [-0.25, -0.2) is 4.39 Å². The molecule has 2 rings (SSSR count). The van der Waals surface area contributed by atoms with Crippen LogP contribution in [0.1, 0.15) is 18.0 Å². The molecule has 1 aliphatic heterocycles. The third-order valence-corrected chi connectivity index (χ3v) is 3.64. The van der Waals surface area contributed by atoms with Crippen LogP contribution in [0.25, 0.3) is 0 Å². The van der Waals surface area contributed by atoms with Gasteiger partial charge in [-0.2, -0.15) is 0 Å². The van der Waals surface area contributed by atoms with Crippen LogP contribution in [-0.4, -0.2) is 11.7 Å². The zero-order valence-electron chi connectivity index (χ0n) is 8.70. The summed E-state index contributed by atoms with van der Waals surface area (Å²) < 4.78 is 13.1. The van der Waals surface area contributed by atoms with E-state index in [1.165, 1.54) is 18.2 Å². The van der Waals surface area contributed by atoms with Gasteiger partial charge in [0.1, 0.15) is 5.82 Å². The van der Waals surface area contributed by atoms with Gasteiger partial charge in [0, 0.05) is 10.6 Å². The van der Waals surface area contributed by atoms with Crippen LogP contribution in [0.3, 0.4) is 0 Å². The molecule has 0 spiro atoms. The van der Waals surface area contributed by atoms with Crippen LogP contribution in [0.4, 0.5) is 4.39 Å². The second-order valence-corrected chi connectivity index (χ2v) is 4.72. The van der Waals surface area contributed by atoms with Crippen LogP contribution in [-0.2, 0) is 4.79 Å². The van der Waals surface area contributed by atoms with E-state index in [0.29, 0.717) is 0 Å². The van der Waals surface area contributed by atoms with E-state index in [2.05, 4.69) is 11.9 Å². The van der Waals surface area contributed by atoms with E-state index >= 15 is 0 Å². The molecule has 1 atom stereocenters. The minimum atomic E-state index is -0.265. The second kappa shape index (κ2) is 4.70. The van der Waals surface area contributed by atoms with Gasteiger partial charge >= 0.3 is 0 Å². The van der Waals surface area contributed by atoms with Crippen molar-refractivity contribution in [2.24, 2.45) is 0 Å². The van der Waals surface area contributed by atoms with Crippen LogP contribution >= 0.6 is 11.8 Å². The predicted molar refractivity (Wildman–Crippen MR) is 62.8 cm³/mol.